The van der Waals surface area contributed by atoms with Crippen molar-refractivity contribution in [2.75, 3.05) is 6.54 Å². The van der Waals surface area contributed by atoms with Crippen LogP contribution in [-0.4, -0.2) is 6.54 Å². The van der Waals surface area contributed by atoms with Gasteiger partial charge in [0.2, 0.25) is 0 Å². The van der Waals surface area contributed by atoms with Gasteiger partial charge in [-0.25, -0.2) is 0 Å². The molecule has 0 atom stereocenters. The highest BCUT2D eigenvalue weighted by Crippen LogP contribution is 2.14. The van der Waals surface area contributed by atoms with Crippen molar-refractivity contribution in [2.24, 2.45) is 0 Å². The quantitative estimate of drug-likeness (QED) is 0.714. The summed E-state index contributed by atoms with van der Waals surface area (Å²) in [6.45, 7) is 6.62. The molecular weight excluding hydrogens is 226 g/mol. The van der Waals surface area contributed by atoms with Crippen molar-refractivity contribution >= 4 is 23.7 Å². The number of nitrogens with one attached hydrogen (secondary N) is 1. The Morgan fingerprint density at radius 1 is 1.20 bits per heavy atom. The lowest BCUT2D eigenvalue weighted by atomic mass is 10.2. The Bertz CT molecular complexity index is 248. The van der Waals surface area contributed by atoms with Crippen molar-refractivity contribution in [1.29, 1.82) is 0 Å². The molecule has 1 aromatic heterocycles. The Labute approximate surface area is 104 Å². The first-order valence-electron chi connectivity index (χ1n) is 5.59. The van der Waals surface area contributed by atoms with E-state index in [-0.39, 0.29) is 12.4 Å². The van der Waals surface area contributed by atoms with Gasteiger partial charge in [0.05, 0.1) is 0 Å². The predicted molar refractivity (Wildman–Crippen MR) is 72.2 cm³/mol. The van der Waals surface area contributed by atoms with Gasteiger partial charge in [-0.05, 0) is 32.0 Å². The zero-order valence-corrected chi connectivity index (χ0v) is 11.3. The molecule has 0 aliphatic heterocycles. The molecule has 0 amide bonds. The van der Waals surface area contributed by atoms with E-state index in [0.717, 1.165) is 13.1 Å². The predicted octanol–water partition coefficient (Wildman–Crippen LogP) is 4.15. The maximum Gasteiger partial charge on any atom is 0.0299 e. The summed E-state index contributed by atoms with van der Waals surface area (Å²) in [6, 6.07) is 4.41. The van der Waals surface area contributed by atoms with Gasteiger partial charge in [0.25, 0.3) is 0 Å². The second-order valence-electron chi connectivity index (χ2n) is 3.75. The van der Waals surface area contributed by atoms with E-state index in [1.54, 1.807) is 0 Å². The first-order valence-corrected chi connectivity index (χ1v) is 6.40. The molecule has 3 heteroatoms. The summed E-state index contributed by atoms with van der Waals surface area (Å²) in [5.74, 6) is 0. The van der Waals surface area contributed by atoms with Gasteiger partial charge >= 0.3 is 0 Å². The number of thiophene rings is 1. The highest BCUT2D eigenvalue weighted by atomic mass is 35.5. The maximum absolute atomic E-state index is 3.48. The van der Waals surface area contributed by atoms with Crippen LogP contribution in [0.15, 0.2) is 12.1 Å². The lowest BCUT2D eigenvalue weighted by molar-refractivity contribution is 0.600. The van der Waals surface area contributed by atoms with Gasteiger partial charge in [0, 0.05) is 16.3 Å². The Morgan fingerprint density at radius 2 is 2.00 bits per heavy atom. The number of halogens is 1. The number of rotatable bonds is 7. The molecule has 1 N–H and O–H groups in total. The van der Waals surface area contributed by atoms with Crippen molar-refractivity contribution in [1.82, 2.24) is 5.32 Å². The molecule has 0 unspecified atom stereocenters. The van der Waals surface area contributed by atoms with Crippen LogP contribution in [0.3, 0.4) is 0 Å². The molecule has 0 radical (unpaired) electrons. The van der Waals surface area contributed by atoms with Crippen LogP contribution in [-0.2, 0) is 6.54 Å². The minimum Gasteiger partial charge on any atom is -0.312 e. The van der Waals surface area contributed by atoms with Gasteiger partial charge in [-0.15, -0.1) is 23.7 Å². The SMILES string of the molecule is CCCCCCNCc1ccc(C)s1.Cl. The second kappa shape index (κ2) is 9.20. The maximum atomic E-state index is 3.48. The Morgan fingerprint density at radius 3 is 2.60 bits per heavy atom. The van der Waals surface area contributed by atoms with Crippen LogP contribution in [0.25, 0.3) is 0 Å². The van der Waals surface area contributed by atoms with Crippen LogP contribution >= 0.6 is 23.7 Å². The summed E-state index contributed by atoms with van der Waals surface area (Å²) in [5, 5.41) is 3.48. The molecule has 15 heavy (non-hydrogen) atoms. The highest BCUT2D eigenvalue weighted by Gasteiger charge is 1.95. The van der Waals surface area contributed by atoms with E-state index in [0.29, 0.717) is 0 Å². The average Bonchev–Trinajstić information content (AvgIpc) is 2.58. The van der Waals surface area contributed by atoms with Crippen molar-refractivity contribution in [3.05, 3.63) is 21.9 Å². The largest absolute Gasteiger partial charge is 0.312 e. The van der Waals surface area contributed by atoms with Crippen molar-refractivity contribution in [3.8, 4) is 0 Å². The fraction of sp³-hybridized carbons (Fsp3) is 0.667. The third-order valence-electron chi connectivity index (χ3n) is 2.30. The topological polar surface area (TPSA) is 12.0 Å². The molecular formula is C12H22ClNS. The summed E-state index contributed by atoms with van der Waals surface area (Å²) >= 11 is 1.89. The number of hydrogen-bond donors (Lipinski definition) is 1. The van der Waals surface area contributed by atoms with E-state index in [1.807, 2.05) is 11.3 Å². The van der Waals surface area contributed by atoms with Gasteiger partial charge in [-0.1, -0.05) is 26.2 Å². The molecule has 0 bridgehead atoms. The summed E-state index contributed by atoms with van der Waals surface area (Å²) in [6.07, 6.45) is 5.38. The smallest absolute Gasteiger partial charge is 0.0299 e. The molecule has 1 heterocycles. The molecule has 88 valence electrons. The van der Waals surface area contributed by atoms with Crippen LogP contribution in [0.5, 0.6) is 0 Å². The van der Waals surface area contributed by atoms with E-state index in [1.165, 1.54) is 35.4 Å². The monoisotopic (exact) mass is 247 g/mol. The molecule has 0 saturated carbocycles. The van der Waals surface area contributed by atoms with E-state index < -0.39 is 0 Å². The second-order valence-corrected chi connectivity index (χ2v) is 5.12. The van der Waals surface area contributed by atoms with Crippen molar-refractivity contribution in [2.45, 2.75) is 46.1 Å². The van der Waals surface area contributed by atoms with Crippen LogP contribution < -0.4 is 5.32 Å². The van der Waals surface area contributed by atoms with Gasteiger partial charge in [-0.2, -0.15) is 0 Å². The highest BCUT2D eigenvalue weighted by molar-refractivity contribution is 7.11. The first-order chi connectivity index (χ1) is 6.83. The van der Waals surface area contributed by atoms with E-state index in [9.17, 15) is 0 Å². The Hall–Kier alpha value is -0.0500. The minimum absolute atomic E-state index is 0. The van der Waals surface area contributed by atoms with Crippen LogP contribution in [0, 0.1) is 6.92 Å². The molecule has 0 aromatic carbocycles. The molecule has 0 aliphatic rings. The van der Waals surface area contributed by atoms with Gasteiger partial charge in [-0.3, -0.25) is 0 Å². The zero-order chi connectivity index (χ0) is 10.2. The van der Waals surface area contributed by atoms with Gasteiger partial charge in [0.15, 0.2) is 0 Å². The van der Waals surface area contributed by atoms with E-state index in [4.69, 9.17) is 0 Å². The zero-order valence-electron chi connectivity index (χ0n) is 9.71. The Balaban J connectivity index is 0.00000196. The number of unbranched alkanes of at least 4 members (excludes halogenated alkanes) is 3. The molecule has 1 nitrogen and oxygen atoms in total. The molecule has 0 aliphatic carbocycles. The summed E-state index contributed by atoms with van der Waals surface area (Å²) in [5.41, 5.74) is 0. The van der Waals surface area contributed by atoms with Crippen molar-refractivity contribution < 1.29 is 0 Å². The Kier molecular flexibility index (Phi) is 9.17. The third kappa shape index (κ3) is 6.93. The summed E-state index contributed by atoms with van der Waals surface area (Å²) < 4.78 is 0. The fourth-order valence-electron chi connectivity index (χ4n) is 1.47. The lowest BCUT2D eigenvalue weighted by Gasteiger charge is -2.02. The standard InChI is InChI=1S/C12H21NS.ClH/c1-3-4-5-6-9-13-10-12-8-7-11(2)14-12;/h7-8,13H,3-6,9-10H2,1-2H3;1H. The summed E-state index contributed by atoms with van der Waals surface area (Å²) in [7, 11) is 0. The van der Waals surface area contributed by atoms with Crippen molar-refractivity contribution in [3.63, 3.8) is 0 Å². The molecule has 1 rings (SSSR count). The normalized spacial score (nSPS) is 10.0. The molecule has 0 saturated heterocycles. The summed E-state index contributed by atoms with van der Waals surface area (Å²) in [4.78, 5) is 2.87. The van der Waals surface area contributed by atoms with Gasteiger partial charge in [0.1, 0.15) is 0 Å². The fourth-order valence-corrected chi connectivity index (χ4v) is 2.33. The van der Waals surface area contributed by atoms with Crippen LogP contribution in [0.4, 0.5) is 0 Å². The number of aryl methyl sites for hydroxylation is 1. The number of hydrogen-bond acceptors (Lipinski definition) is 2. The third-order valence-corrected chi connectivity index (χ3v) is 3.30. The molecule has 0 spiro atoms. The van der Waals surface area contributed by atoms with Gasteiger partial charge < -0.3 is 5.32 Å². The first kappa shape index (κ1) is 14.9. The average molecular weight is 248 g/mol. The molecule has 1 aromatic rings. The van der Waals surface area contributed by atoms with Crippen LogP contribution in [0.2, 0.25) is 0 Å². The van der Waals surface area contributed by atoms with E-state index >= 15 is 0 Å². The lowest BCUT2D eigenvalue weighted by Crippen LogP contribution is -2.13. The molecule has 0 fully saturated rings. The minimum atomic E-state index is 0. The van der Waals surface area contributed by atoms with E-state index in [2.05, 4.69) is 31.3 Å². The van der Waals surface area contributed by atoms with Crippen LogP contribution in [0.1, 0.15) is 42.4 Å².